The molecule has 2 N–H and O–H groups in total. The number of aliphatic hydroxyl groups excluding tert-OH is 1. The average molecular weight is 172 g/mol. The highest BCUT2D eigenvalue weighted by Crippen LogP contribution is 2.08. The zero-order valence-corrected chi connectivity index (χ0v) is 7.58. The van der Waals surface area contributed by atoms with E-state index in [2.05, 4.69) is 12.2 Å². The van der Waals surface area contributed by atoms with Gasteiger partial charge < -0.3 is 10.4 Å². The van der Waals surface area contributed by atoms with Crippen LogP contribution in [-0.4, -0.2) is 47.7 Å². The van der Waals surface area contributed by atoms with E-state index in [0.717, 1.165) is 0 Å². The predicted molar refractivity (Wildman–Crippen MR) is 45.7 cm³/mol. The monoisotopic (exact) mass is 172 g/mol. The molecule has 1 rings (SSSR count). The number of rotatable bonds is 2. The van der Waals surface area contributed by atoms with Crippen LogP contribution >= 0.6 is 0 Å². The number of aliphatic hydroxyl groups is 1. The molecule has 12 heavy (non-hydrogen) atoms. The number of nitrogens with zero attached hydrogens (tertiary/aromatic N) is 1. The van der Waals surface area contributed by atoms with E-state index >= 15 is 0 Å². The van der Waals surface area contributed by atoms with E-state index in [0.29, 0.717) is 19.1 Å². The van der Waals surface area contributed by atoms with Crippen molar-refractivity contribution in [1.29, 1.82) is 0 Å². The van der Waals surface area contributed by atoms with Crippen LogP contribution in [0, 0.1) is 0 Å². The topological polar surface area (TPSA) is 52.6 Å². The van der Waals surface area contributed by atoms with Crippen LogP contribution in [0.5, 0.6) is 0 Å². The van der Waals surface area contributed by atoms with Gasteiger partial charge in [-0.1, -0.05) is 0 Å². The maximum atomic E-state index is 11.1. The molecule has 1 aliphatic heterocycles. The Kier molecular flexibility index (Phi) is 3.05. The van der Waals surface area contributed by atoms with Crippen LogP contribution in [0.15, 0.2) is 0 Å². The van der Waals surface area contributed by atoms with Gasteiger partial charge in [0.05, 0.1) is 13.2 Å². The third-order valence-electron chi connectivity index (χ3n) is 2.42. The number of hydrogen-bond acceptors (Lipinski definition) is 3. The van der Waals surface area contributed by atoms with Gasteiger partial charge in [0, 0.05) is 18.6 Å². The summed E-state index contributed by atoms with van der Waals surface area (Å²) in [5, 5.41) is 11.6. The third kappa shape index (κ3) is 1.95. The van der Waals surface area contributed by atoms with Crippen molar-refractivity contribution in [3.05, 3.63) is 0 Å². The lowest BCUT2D eigenvalue weighted by Crippen LogP contribution is -2.58. The van der Waals surface area contributed by atoms with E-state index in [1.807, 2.05) is 11.8 Å². The summed E-state index contributed by atoms with van der Waals surface area (Å²) < 4.78 is 0. The van der Waals surface area contributed by atoms with Gasteiger partial charge in [0.15, 0.2) is 0 Å². The number of carbonyl (C=O) groups excluding carboxylic acids is 1. The summed E-state index contributed by atoms with van der Waals surface area (Å²) in [5.74, 6) is 0.0500. The van der Waals surface area contributed by atoms with Crippen molar-refractivity contribution < 1.29 is 9.90 Å². The van der Waals surface area contributed by atoms with Crippen LogP contribution in [0.4, 0.5) is 0 Å². The van der Waals surface area contributed by atoms with Crippen LogP contribution in [0.3, 0.4) is 0 Å². The van der Waals surface area contributed by atoms with Crippen molar-refractivity contribution in [1.82, 2.24) is 10.2 Å². The normalized spacial score (nSPS) is 31.8. The zero-order chi connectivity index (χ0) is 9.14. The fourth-order valence-corrected chi connectivity index (χ4v) is 1.48. The molecule has 1 fully saturated rings. The molecule has 1 amide bonds. The Balaban J connectivity index is 2.53. The maximum absolute atomic E-state index is 11.1. The van der Waals surface area contributed by atoms with E-state index in [-0.39, 0.29) is 18.6 Å². The van der Waals surface area contributed by atoms with Crippen molar-refractivity contribution in [2.24, 2.45) is 0 Å². The molecule has 0 bridgehead atoms. The average Bonchev–Trinajstić information content (AvgIpc) is 2.00. The van der Waals surface area contributed by atoms with Crippen LogP contribution < -0.4 is 5.32 Å². The summed E-state index contributed by atoms with van der Waals surface area (Å²) in [7, 11) is 0. The van der Waals surface area contributed by atoms with E-state index in [4.69, 9.17) is 5.11 Å². The van der Waals surface area contributed by atoms with E-state index < -0.39 is 0 Å². The molecule has 1 saturated heterocycles. The second-order valence-electron chi connectivity index (χ2n) is 3.29. The first-order chi connectivity index (χ1) is 5.65. The predicted octanol–water partition coefficient (Wildman–Crippen LogP) is -0.812. The Hall–Kier alpha value is -0.610. The van der Waals surface area contributed by atoms with Gasteiger partial charge in [0.25, 0.3) is 0 Å². The highest BCUT2D eigenvalue weighted by molar-refractivity contribution is 5.79. The second-order valence-corrected chi connectivity index (χ2v) is 3.29. The van der Waals surface area contributed by atoms with Crippen molar-refractivity contribution in [3.8, 4) is 0 Å². The summed E-state index contributed by atoms with van der Waals surface area (Å²) in [6.45, 7) is 5.14. The Bertz CT molecular complexity index is 172. The van der Waals surface area contributed by atoms with E-state index in [9.17, 15) is 4.79 Å². The van der Waals surface area contributed by atoms with Crippen molar-refractivity contribution in [2.45, 2.75) is 25.9 Å². The minimum atomic E-state index is 0.0500. The molecule has 0 aromatic rings. The summed E-state index contributed by atoms with van der Waals surface area (Å²) in [5.41, 5.74) is 0. The molecule has 70 valence electrons. The fourth-order valence-electron chi connectivity index (χ4n) is 1.48. The van der Waals surface area contributed by atoms with Crippen LogP contribution in [0.25, 0.3) is 0 Å². The van der Waals surface area contributed by atoms with Gasteiger partial charge in [0.2, 0.25) is 5.91 Å². The molecule has 0 aliphatic carbocycles. The van der Waals surface area contributed by atoms with Gasteiger partial charge in [-0.25, -0.2) is 0 Å². The largest absolute Gasteiger partial charge is 0.395 e. The lowest BCUT2D eigenvalue weighted by atomic mass is 10.1. The lowest BCUT2D eigenvalue weighted by molar-refractivity contribution is -0.127. The number of piperazine rings is 1. The quantitative estimate of drug-likeness (QED) is 0.572. The summed E-state index contributed by atoms with van der Waals surface area (Å²) in [6, 6.07) is 0.493. The number of nitrogens with one attached hydrogen (secondary N) is 1. The lowest BCUT2D eigenvalue weighted by Gasteiger charge is -2.37. The van der Waals surface area contributed by atoms with Crippen LogP contribution in [-0.2, 0) is 4.79 Å². The van der Waals surface area contributed by atoms with E-state index in [1.54, 1.807) is 0 Å². The van der Waals surface area contributed by atoms with Gasteiger partial charge >= 0.3 is 0 Å². The minimum Gasteiger partial charge on any atom is -0.395 e. The Labute approximate surface area is 72.6 Å². The molecule has 1 aliphatic rings. The Morgan fingerprint density at radius 2 is 2.33 bits per heavy atom. The minimum absolute atomic E-state index is 0.0500. The van der Waals surface area contributed by atoms with Gasteiger partial charge in [-0.05, 0) is 13.8 Å². The molecule has 2 unspecified atom stereocenters. The van der Waals surface area contributed by atoms with Gasteiger partial charge in [0.1, 0.15) is 0 Å². The first kappa shape index (κ1) is 9.48. The number of hydrogen-bond donors (Lipinski definition) is 2. The first-order valence-corrected chi connectivity index (χ1v) is 4.29. The van der Waals surface area contributed by atoms with Crippen molar-refractivity contribution >= 4 is 5.91 Å². The number of carbonyl (C=O) groups is 1. The van der Waals surface area contributed by atoms with E-state index in [1.165, 1.54) is 0 Å². The molecule has 0 aromatic carbocycles. The summed E-state index contributed by atoms with van der Waals surface area (Å²) in [6.07, 6.45) is 0. The van der Waals surface area contributed by atoms with Crippen molar-refractivity contribution in [3.63, 3.8) is 0 Å². The highest BCUT2D eigenvalue weighted by atomic mass is 16.3. The molecule has 0 radical (unpaired) electrons. The smallest absolute Gasteiger partial charge is 0.234 e. The van der Waals surface area contributed by atoms with Crippen LogP contribution in [0.2, 0.25) is 0 Å². The number of amides is 1. The standard InChI is InChI=1S/C8H16N2O2/c1-6-7(2)10(3-4-11)5-8(12)9-6/h6-7,11H,3-5H2,1-2H3,(H,9,12). The molecule has 1 heterocycles. The molecule has 0 aromatic heterocycles. The molecule has 2 atom stereocenters. The second kappa shape index (κ2) is 3.87. The van der Waals surface area contributed by atoms with Crippen LogP contribution in [0.1, 0.15) is 13.8 Å². The fraction of sp³-hybridized carbons (Fsp3) is 0.875. The Morgan fingerprint density at radius 3 is 2.92 bits per heavy atom. The third-order valence-corrected chi connectivity index (χ3v) is 2.42. The number of β-amino-alcohol motifs (C(OH)–C–C–N with tert-alkyl or cyclic N) is 1. The molecule has 4 nitrogen and oxygen atoms in total. The maximum Gasteiger partial charge on any atom is 0.234 e. The summed E-state index contributed by atoms with van der Waals surface area (Å²) >= 11 is 0. The molecule has 0 spiro atoms. The van der Waals surface area contributed by atoms with Gasteiger partial charge in [-0.15, -0.1) is 0 Å². The molecular formula is C8H16N2O2. The van der Waals surface area contributed by atoms with Crippen molar-refractivity contribution in [2.75, 3.05) is 19.7 Å². The Morgan fingerprint density at radius 1 is 1.67 bits per heavy atom. The first-order valence-electron chi connectivity index (χ1n) is 4.29. The summed E-state index contributed by atoms with van der Waals surface area (Å²) in [4.78, 5) is 13.1. The molecular weight excluding hydrogens is 156 g/mol. The van der Waals surface area contributed by atoms with Gasteiger partial charge in [-0.3, -0.25) is 9.69 Å². The molecule has 0 saturated carbocycles. The zero-order valence-electron chi connectivity index (χ0n) is 7.58. The van der Waals surface area contributed by atoms with Gasteiger partial charge in [-0.2, -0.15) is 0 Å². The molecule has 4 heteroatoms. The SMILES string of the molecule is CC1NC(=O)CN(CCO)C1C. The highest BCUT2D eigenvalue weighted by Gasteiger charge is 2.27.